The van der Waals surface area contributed by atoms with E-state index in [-0.39, 0.29) is 5.97 Å². The molecule has 2 aromatic carbocycles. The number of hydrogen-bond donors (Lipinski definition) is 1. The number of ether oxygens (including phenoxy) is 2. The number of hydrogen-bond acceptors (Lipinski definition) is 6. The highest BCUT2D eigenvalue weighted by atomic mass is 32.2. The van der Waals surface area contributed by atoms with Crippen molar-refractivity contribution in [1.82, 2.24) is 5.32 Å². The predicted molar refractivity (Wildman–Crippen MR) is 112 cm³/mol. The largest absolute Gasteiger partial charge is 0.493 e. The number of amides is 2. The van der Waals surface area contributed by atoms with Crippen molar-refractivity contribution in [3.63, 3.8) is 0 Å². The standard InChI is InChI=1S/C22H21NO5S/c1-27-18-13-16(14-19-21(25)23-22(26)29-19)11-12-17(18)28-20(24)10-6-5-9-15-7-3-2-4-8-15/h2-4,7-8,11-14H,5-6,9-10H2,1H3,(H,23,25,26)/b19-14-. The van der Waals surface area contributed by atoms with Crippen molar-refractivity contribution in [2.24, 2.45) is 0 Å². The quantitative estimate of drug-likeness (QED) is 0.301. The number of imide groups is 1. The first-order valence-electron chi connectivity index (χ1n) is 9.22. The molecule has 0 aromatic heterocycles. The summed E-state index contributed by atoms with van der Waals surface area (Å²) in [5, 5.41) is 1.81. The maximum absolute atomic E-state index is 12.2. The molecule has 0 radical (unpaired) electrons. The van der Waals surface area contributed by atoms with Crippen LogP contribution >= 0.6 is 11.8 Å². The summed E-state index contributed by atoms with van der Waals surface area (Å²) in [6.07, 6.45) is 4.47. The van der Waals surface area contributed by atoms with Gasteiger partial charge >= 0.3 is 5.97 Å². The molecule has 29 heavy (non-hydrogen) atoms. The number of unbranched alkanes of at least 4 members (excludes halogenated alkanes) is 1. The molecule has 0 saturated carbocycles. The molecular weight excluding hydrogens is 390 g/mol. The van der Waals surface area contributed by atoms with Gasteiger partial charge < -0.3 is 9.47 Å². The number of rotatable bonds is 8. The highest BCUT2D eigenvalue weighted by Crippen LogP contribution is 2.31. The molecule has 0 atom stereocenters. The van der Waals surface area contributed by atoms with Crippen molar-refractivity contribution in [2.75, 3.05) is 7.11 Å². The molecular formula is C22H21NO5S. The number of methoxy groups -OCH3 is 1. The van der Waals surface area contributed by atoms with E-state index in [4.69, 9.17) is 9.47 Å². The molecule has 2 aromatic rings. The lowest BCUT2D eigenvalue weighted by molar-refractivity contribution is -0.134. The molecule has 0 bridgehead atoms. The molecule has 1 N–H and O–H groups in total. The minimum atomic E-state index is -0.426. The minimum Gasteiger partial charge on any atom is -0.493 e. The highest BCUT2D eigenvalue weighted by molar-refractivity contribution is 8.18. The van der Waals surface area contributed by atoms with E-state index in [0.29, 0.717) is 28.4 Å². The lowest BCUT2D eigenvalue weighted by atomic mass is 10.1. The zero-order valence-corrected chi connectivity index (χ0v) is 16.8. The van der Waals surface area contributed by atoms with Crippen molar-refractivity contribution in [2.45, 2.75) is 25.7 Å². The molecule has 0 aliphatic carbocycles. The SMILES string of the molecule is COc1cc(/C=C2\SC(=O)NC2=O)ccc1OC(=O)CCCCc1ccccc1. The Balaban J connectivity index is 1.54. The van der Waals surface area contributed by atoms with E-state index in [0.717, 1.165) is 31.0 Å². The fourth-order valence-electron chi connectivity index (χ4n) is 2.85. The Morgan fingerprint density at radius 1 is 1.07 bits per heavy atom. The van der Waals surface area contributed by atoms with Crippen LogP contribution < -0.4 is 14.8 Å². The second-order valence-corrected chi connectivity index (χ2v) is 7.44. The van der Waals surface area contributed by atoms with Gasteiger partial charge in [-0.15, -0.1) is 0 Å². The molecule has 1 saturated heterocycles. The van der Waals surface area contributed by atoms with E-state index >= 15 is 0 Å². The molecule has 2 amide bonds. The second-order valence-electron chi connectivity index (χ2n) is 6.43. The van der Waals surface area contributed by atoms with Crippen molar-refractivity contribution < 1.29 is 23.9 Å². The van der Waals surface area contributed by atoms with E-state index in [1.807, 2.05) is 18.2 Å². The lowest BCUT2D eigenvalue weighted by Crippen LogP contribution is -2.17. The molecule has 3 rings (SSSR count). The van der Waals surface area contributed by atoms with Gasteiger partial charge in [0.25, 0.3) is 11.1 Å². The Morgan fingerprint density at radius 2 is 1.86 bits per heavy atom. The average molecular weight is 411 g/mol. The highest BCUT2D eigenvalue weighted by Gasteiger charge is 2.25. The summed E-state index contributed by atoms with van der Waals surface area (Å²) >= 11 is 0.842. The van der Waals surface area contributed by atoms with Gasteiger partial charge in [-0.05, 0) is 60.4 Å². The summed E-state index contributed by atoms with van der Waals surface area (Å²) in [6, 6.07) is 15.1. The summed E-state index contributed by atoms with van der Waals surface area (Å²) in [6.45, 7) is 0. The Labute approximate surface area is 173 Å². The predicted octanol–water partition coefficient (Wildman–Crippen LogP) is 4.34. The van der Waals surface area contributed by atoms with Crippen LogP contribution in [0.5, 0.6) is 11.5 Å². The first kappa shape index (κ1) is 20.7. The molecule has 150 valence electrons. The Morgan fingerprint density at radius 3 is 2.55 bits per heavy atom. The molecule has 1 heterocycles. The summed E-state index contributed by atoms with van der Waals surface area (Å²) in [5.74, 6) is -0.0437. The lowest BCUT2D eigenvalue weighted by Gasteiger charge is -2.10. The van der Waals surface area contributed by atoms with E-state index < -0.39 is 11.1 Å². The second kappa shape index (κ2) is 9.93. The Bertz CT molecular complexity index is 939. The van der Waals surface area contributed by atoms with Crippen LogP contribution in [0.4, 0.5) is 4.79 Å². The minimum absolute atomic E-state index is 0.306. The summed E-state index contributed by atoms with van der Waals surface area (Å²) in [5.41, 5.74) is 1.92. The van der Waals surface area contributed by atoms with Crippen LogP contribution in [-0.2, 0) is 16.0 Å². The van der Waals surface area contributed by atoms with Crippen LogP contribution in [-0.4, -0.2) is 24.2 Å². The zero-order chi connectivity index (χ0) is 20.6. The normalized spacial score (nSPS) is 14.7. The number of thioether (sulfide) groups is 1. The van der Waals surface area contributed by atoms with E-state index in [2.05, 4.69) is 17.4 Å². The van der Waals surface area contributed by atoms with Crippen LogP contribution in [0.3, 0.4) is 0 Å². The average Bonchev–Trinajstić information content (AvgIpc) is 3.04. The summed E-state index contributed by atoms with van der Waals surface area (Å²) in [7, 11) is 1.48. The number of benzene rings is 2. The van der Waals surface area contributed by atoms with Crippen LogP contribution in [0.2, 0.25) is 0 Å². The monoisotopic (exact) mass is 411 g/mol. The van der Waals surface area contributed by atoms with E-state index in [1.165, 1.54) is 12.7 Å². The Hall–Kier alpha value is -3.06. The number of carbonyl (C=O) groups is 3. The smallest absolute Gasteiger partial charge is 0.311 e. The first-order chi connectivity index (χ1) is 14.0. The van der Waals surface area contributed by atoms with Gasteiger partial charge in [0.1, 0.15) is 0 Å². The molecule has 0 unspecified atom stereocenters. The number of esters is 1. The zero-order valence-electron chi connectivity index (χ0n) is 16.0. The number of aryl methyl sites for hydroxylation is 1. The van der Waals surface area contributed by atoms with Gasteiger partial charge in [-0.1, -0.05) is 36.4 Å². The van der Waals surface area contributed by atoms with Gasteiger partial charge in [0.15, 0.2) is 11.5 Å². The summed E-state index contributed by atoms with van der Waals surface area (Å²) < 4.78 is 10.7. The molecule has 0 spiro atoms. The fraction of sp³-hybridized carbons (Fsp3) is 0.227. The van der Waals surface area contributed by atoms with Crippen LogP contribution in [0.15, 0.2) is 53.4 Å². The number of carbonyl (C=O) groups excluding carboxylic acids is 3. The van der Waals surface area contributed by atoms with Crippen LogP contribution in [0.25, 0.3) is 6.08 Å². The summed E-state index contributed by atoms with van der Waals surface area (Å²) in [4.78, 5) is 35.4. The van der Waals surface area contributed by atoms with Crippen molar-refractivity contribution in [3.05, 3.63) is 64.6 Å². The molecule has 7 heteroatoms. The van der Waals surface area contributed by atoms with Crippen molar-refractivity contribution in [3.8, 4) is 11.5 Å². The van der Waals surface area contributed by atoms with Crippen LogP contribution in [0.1, 0.15) is 30.4 Å². The van der Waals surface area contributed by atoms with Gasteiger partial charge in [0.2, 0.25) is 0 Å². The van der Waals surface area contributed by atoms with E-state index in [9.17, 15) is 14.4 Å². The molecule has 1 aliphatic heterocycles. The van der Waals surface area contributed by atoms with Crippen molar-refractivity contribution in [1.29, 1.82) is 0 Å². The van der Waals surface area contributed by atoms with Crippen LogP contribution in [0, 0.1) is 0 Å². The van der Waals surface area contributed by atoms with Gasteiger partial charge in [-0.2, -0.15) is 0 Å². The molecule has 1 fully saturated rings. The van der Waals surface area contributed by atoms with Gasteiger partial charge in [0, 0.05) is 6.42 Å². The molecule has 1 aliphatic rings. The van der Waals surface area contributed by atoms with E-state index in [1.54, 1.807) is 24.3 Å². The van der Waals surface area contributed by atoms with Gasteiger partial charge in [0.05, 0.1) is 12.0 Å². The first-order valence-corrected chi connectivity index (χ1v) is 10.0. The third-order valence-electron chi connectivity index (χ3n) is 4.29. The maximum Gasteiger partial charge on any atom is 0.311 e. The number of nitrogens with one attached hydrogen (secondary N) is 1. The molecule has 6 nitrogen and oxygen atoms in total. The third kappa shape index (κ3) is 5.96. The van der Waals surface area contributed by atoms with Crippen molar-refractivity contribution >= 4 is 35.0 Å². The third-order valence-corrected chi connectivity index (χ3v) is 5.10. The van der Waals surface area contributed by atoms with Gasteiger partial charge in [-0.3, -0.25) is 19.7 Å². The fourth-order valence-corrected chi connectivity index (χ4v) is 3.53. The topological polar surface area (TPSA) is 81.7 Å². The van der Waals surface area contributed by atoms with Gasteiger partial charge in [-0.25, -0.2) is 0 Å². The maximum atomic E-state index is 12.2. The Kier molecular flexibility index (Phi) is 7.08.